The molecule has 152 valence electrons. The highest BCUT2D eigenvalue weighted by molar-refractivity contribution is 4.87. The summed E-state index contributed by atoms with van der Waals surface area (Å²) in [5.74, 6) is 7.02. The average Bonchev–Trinajstić information content (AvgIpc) is 2.56. The summed E-state index contributed by atoms with van der Waals surface area (Å²) in [7, 11) is 0. The molecule has 0 nitrogen and oxygen atoms in total. The van der Waals surface area contributed by atoms with Gasteiger partial charge in [0.2, 0.25) is 0 Å². The van der Waals surface area contributed by atoms with Crippen molar-refractivity contribution in [1.29, 1.82) is 0 Å². The van der Waals surface area contributed by atoms with Gasteiger partial charge < -0.3 is 0 Å². The first-order chi connectivity index (χ1) is 11.8. The molecule has 0 aromatic rings. The van der Waals surface area contributed by atoms with Gasteiger partial charge in [-0.1, -0.05) is 114 Å². The van der Waals surface area contributed by atoms with Crippen molar-refractivity contribution in [2.45, 2.75) is 114 Å². The maximum Gasteiger partial charge on any atom is -0.0352 e. The maximum absolute atomic E-state index is 2.53. The van der Waals surface area contributed by atoms with Gasteiger partial charge in [0.15, 0.2) is 0 Å². The van der Waals surface area contributed by atoms with Crippen molar-refractivity contribution in [3.05, 3.63) is 0 Å². The van der Waals surface area contributed by atoms with E-state index >= 15 is 0 Å². The molecule has 0 aliphatic carbocycles. The number of hydrogen-bond donors (Lipinski definition) is 0. The van der Waals surface area contributed by atoms with Crippen molar-refractivity contribution in [2.24, 2.45) is 47.3 Å². The molecule has 0 radical (unpaired) electrons. The Morgan fingerprint density at radius 2 is 0.840 bits per heavy atom. The van der Waals surface area contributed by atoms with Gasteiger partial charge in [0.1, 0.15) is 0 Å². The van der Waals surface area contributed by atoms with E-state index in [4.69, 9.17) is 0 Å². The summed E-state index contributed by atoms with van der Waals surface area (Å²) in [6.45, 7) is 24.5. The van der Waals surface area contributed by atoms with Crippen LogP contribution in [0.2, 0.25) is 0 Å². The SMILES string of the molecule is CCCC(C(CC)C(C)C)C(CC)C(CCC)C(CC)C(C)C(C)C. The van der Waals surface area contributed by atoms with Crippen LogP contribution in [0.5, 0.6) is 0 Å². The molecule has 0 spiro atoms. The lowest BCUT2D eigenvalue weighted by molar-refractivity contribution is 0.0463. The molecule has 0 aliphatic heterocycles. The highest BCUT2D eigenvalue weighted by Crippen LogP contribution is 2.46. The zero-order chi connectivity index (χ0) is 19.6. The third-order valence-corrected chi connectivity index (χ3v) is 7.44. The lowest BCUT2D eigenvalue weighted by Crippen LogP contribution is -2.37. The molecule has 0 aliphatic rings. The molecule has 0 N–H and O–H groups in total. The van der Waals surface area contributed by atoms with Crippen LogP contribution in [0.25, 0.3) is 0 Å². The second kappa shape index (κ2) is 13.2. The van der Waals surface area contributed by atoms with E-state index in [1.807, 2.05) is 0 Å². The van der Waals surface area contributed by atoms with E-state index in [1.54, 1.807) is 0 Å². The van der Waals surface area contributed by atoms with Crippen molar-refractivity contribution in [3.63, 3.8) is 0 Å². The van der Waals surface area contributed by atoms with Crippen molar-refractivity contribution < 1.29 is 0 Å². The van der Waals surface area contributed by atoms with Gasteiger partial charge in [0.25, 0.3) is 0 Å². The first-order valence-corrected chi connectivity index (χ1v) is 11.8. The van der Waals surface area contributed by atoms with E-state index in [0.717, 1.165) is 47.3 Å². The van der Waals surface area contributed by atoms with Crippen LogP contribution < -0.4 is 0 Å². The van der Waals surface area contributed by atoms with E-state index in [9.17, 15) is 0 Å². The van der Waals surface area contributed by atoms with E-state index in [2.05, 4.69) is 69.2 Å². The van der Waals surface area contributed by atoms with Gasteiger partial charge in [-0.2, -0.15) is 0 Å². The quantitative estimate of drug-likeness (QED) is 0.293. The van der Waals surface area contributed by atoms with Crippen LogP contribution in [0, 0.1) is 47.3 Å². The average molecular weight is 353 g/mol. The molecule has 0 saturated carbocycles. The molecular formula is C25H52. The van der Waals surface area contributed by atoms with E-state index in [0.29, 0.717) is 0 Å². The van der Waals surface area contributed by atoms with Crippen LogP contribution in [-0.4, -0.2) is 0 Å². The minimum absolute atomic E-state index is 0.804. The molecule has 0 amide bonds. The van der Waals surface area contributed by atoms with Crippen LogP contribution in [0.15, 0.2) is 0 Å². The van der Waals surface area contributed by atoms with Crippen LogP contribution in [0.1, 0.15) is 114 Å². The highest BCUT2D eigenvalue weighted by Gasteiger charge is 2.38. The van der Waals surface area contributed by atoms with Gasteiger partial charge in [-0.15, -0.1) is 0 Å². The minimum Gasteiger partial charge on any atom is -0.0654 e. The third kappa shape index (κ3) is 7.26. The second-order valence-electron chi connectivity index (χ2n) is 9.47. The normalized spacial score (nSPS) is 19.7. The Kier molecular flexibility index (Phi) is 13.2. The van der Waals surface area contributed by atoms with Gasteiger partial charge in [0.05, 0.1) is 0 Å². The lowest BCUT2D eigenvalue weighted by Gasteiger charge is -2.44. The molecule has 0 heterocycles. The molecule has 0 saturated heterocycles. The predicted octanol–water partition coefficient (Wildman–Crippen LogP) is 8.85. The third-order valence-electron chi connectivity index (χ3n) is 7.44. The summed E-state index contributed by atoms with van der Waals surface area (Å²) in [6.07, 6.45) is 9.65. The summed E-state index contributed by atoms with van der Waals surface area (Å²) in [4.78, 5) is 0. The van der Waals surface area contributed by atoms with Gasteiger partial charge in [-0.05, 0) is 47.3 Å². The van der Waals surface area contributed by atoms with Crippen LogP contribution in [-0.2, 0) is 0 Å². The van der Waals surface area contributed by atoms with Crippen LogP contribution >= 0.6 is 0 Å². The smallest absolute Gasteiger partial charge is 0.0352 e. The Hall–Kier alpha value is 0. The summed E-state index contributed by atoms with van der Waals surface area (Å²) in [5, 5.41) is 0. The Morgan fingerprint density at radius 3 is 1.12 bits per heavy atom. The van der Waals surface area contributed by atoms with E-state index < -0.39 is 0 Å². The molecule has 25 heavy (non-hydrogen) atoms. The zero-order valence-corrected chi connectivity index (χ0v) is 19.6. The molecule has 6 unspecified atom stereocenters. The predicted molar refractivity (Wildman–Crippen MR) is 117 cm³/mol. The van der Waals surface area contributed by atoms with E-state index in [-0.39, 0.29) is 0 Å². The first kappa shape index (κ1) is 25.0. The largest absolute Gasteiger partial charge is 0.0654 e. The molecule has 0 rings (SSSR count). The number of hydrogen-bond acceptors (Lipinski definition) is 0. The topological polar surface area (TPSA) is 0 Å². The van der Waals surface area contributed by atoms with Crippen molar-refractivity contribution in [3.8, 4) is 0 Å². The lowest BCUT2D eigenvalue weighted by atomic mass is 9.61. The second-order valence-corrected chi connectivity index (χ2v) is 9.47. The number of rotatable bonds is 14. The Morgan fingerprint density at radius 1 is 0.440 bits per heavy atom. The summed E-state index contributed by atoms with van der Waals surface area (Å²) in [5.41, 5.74) is 0. The fourth-order valence-electron chi connectivity index (χ4n) is 5.91. The molecule has 0 bridgehead atoms. The summed E-state index contributed by atoms with van der Waals surface area (Å²) in [6, 6.07) is 0. The minimum atomic E-state index is 0.804. The maximum atomic E-state index is 2.53. The molecule has 0 fully saturated rings. The van der Waals surface area contributed by atoms with Gasteiger partial charge in [0, 0.05) is 0 Å². The molecular weight excluding hydrogens is 300 g/mol. The van der Waals surface area contributed by atoms with Gasteiger partial charge >= 0.3 is 0 Å². The first-order valence-electron chi connectivity index (χ1n) is 11.8. The van der Waals surface area contributed by atoms with Crippen molar-refractivity contribution in [2.75, 3.05) is 0 Å². The monoisotopic (exact) mass is 352 g/mol. The molecule has 0 heteroatoms. The van der Waals surface area contributed by atoms with Gasteiger partial charge in [-0.25, -0.2) is 0 Å². The Bertz CT molecular complexity index is 303. The van der Waals surface area contributed by atoms with Crippen molar-refractivity contribution >= 4 is 0 Å². The summed E-state index contributed by atoms with van der Waals surface area (Å²) < 4.78 is 0. The van der Waals surface area contributed by atoms with Gasteiger partial charge in [-0.3, -0.25) is 0 Å². The fraction of sp³-hybridized carbons (Fsp3) is 1.00. The zero-order valence-electron chi connectivity index (χ0n) is 19.6. The molecule has 6 atom stereocenters. The summed E-state index contributed by atoms with van der Waals surface area (Å²) >= 11 is 0. The van der Waals surface area contributed by atoms with Crippen LogP contribution in [0.4, 0.5) is 0 Å². The Labute approximate surface area is 161 Å². The fourth-order valence-corrected chi connectivity index (χ4v) is 5.91. The van der Waals surface area contributed by atoms with E-state index in [1.165, 1.54) is 44.9 Å². The molecule has 0 aromatic heterocycles. The highest BCUT2D eigenvalue weighted by atomic mass is 14.4. The molecule has 0 aromatic carbocycles. The Balaban J connectivity index is 5.78. The standard InChI is InChI=1S/C25H52/c1-11-16-24(21(13-3)19(8)9)23(15-5)25(17-12-2)22(14-4)20(10)18(6)7/h18-25H,11-17H2,1-10H3. The van der Waals surface area contributed by atoms with Crippen LogP contribution in [0.3, 0.4) is 0 Å². The van der Waals surface area contributed by atoms with Crippen molar-refractivity contribution in [1.82, 2.24) is 0 Å².